The highest BCUT2D eigenvalue weighted by molar-refractivity contribution is 7.96. The Kier molecular flexibility index (Phi) is 6.86. The van der Waals surface area contributed by atoms with Gasteiger partial charge in [0.2, 0.25) is 0 Å². The molecule has 1 saturated heterocycles. The largest absolute Gasteiger partial charge is 0.497 e. The second-order valence-electron chi connectivity index (χ2n) is 7.74. The SMILES string of the molecule is COc1ccc(C(CN[C@H]2CS(=O)(=O)C[C@@H]2S(=O)(=O)c2ccccc2)N(C)C)cc1. The molecular formula is C21H28N2O5S2. The van der Waals surface area contributed by atoms with E-state index in [4.69, 9.17) is 4.74 Å². The van der Waals surface area contributed by atoms with Gasteiger partial charge < -0.3 is 15.0 Å². The van der Waals surface area contributed by atoms with Crippen LogP contribution in [-0.4, -0.2) is 72.3 Å². The Morgan fingerprint density at radius 3 is 2.27 bits per heavy atom. The van der Waals surface area contributed by atoms with E-state index in [0.717, 1.165) is 11.3 Å². The molecule has 3 atom stereocenters. The van der Waals surface area contributed by atoms with Gasteiger partial charge in [0, 0.05) is 18.6 Å². The van der Waals surface area contributed by atoms with Crippen molar-refractivity contribution in [2.75, 3.05) is 39.3 Å². The normalized spacial score (nSPS) is 22.1. The fraction of sp³-hybridized carbons (Fsp3) is 0.429. The van der Waals surface area contributed by atoms with Gasteiger partial charge in [0.15, 0.2) is 19.7 Å². The molecule has 9 heteroatoms. The third-order valence-corrected chi connectivity index (χ3v) is 9.63. The van der Waals surface area contributed by atoms with Crippen LogP contribution in [0.25, 0.3) is 0 Å². The molecule has 1 aliphatic rings. The highest BCUT2D eigenvalue weighted by Gasteiger charge is 2.45. The summed E-state index contributed by atoms with van der Waals surface area (Å²) in [6.07, 6.45) is 0. The third kappa shape index (κ3) is 5.03. The maximum Gasteiger partial charge on any atom is 0.183 e. The van der Waals surface area contributed by atoms with E-state index in [0.29, 0.717) is 6.54 Å². The minimum atomic E-state index is -3.77. The molecule has 1 unspecified atom stereocenters. The summed E-state index contributed by atoms with van der Waals surface area (Å²) in [7, 11) is -1.76. The van der Waals surface area contributed by atoms with Crippen molar-refractivity contribution >= 4 is 19.7 Å². The summed E-state index contributed by atoms with van der Waals surface area (Å²) in [6.45, 7) is 0.417. The van der Waals surface area contributed by atoms with E-state index in [1.807, 2.05) is 43.3 Å². The molecule has 0 aromatic heterocycles. The maximum atomic E-state index is 13.1. The van der Waals surface area contributed by atoms with Gasteiger partial charge in [-0.25, -0.2) is 16.8 Å². The summed E-state index contributed by atoms with van der Waals surface area (Å²) in [5, 5.41) is 2.23. The lowest BCUT2D eigenvalue weighted by molar-refractivity contribution is 0.281. The number of likely N-dealkylation sites (N-methyl/N-ethyl adjacent to an activating group) is 1. The predicted molar refractivity (Wildman–Crippen MR) is 117 cm³/mol. The zero-order valence-electron chi connectivity index (χ0n) is 17.4. The first-order chi connectivity index (χ1) is 14.1. The summed E-state index contributed by atoms with van der Waals surface area (Å²) < 4.78 is 56.1. The quantitative estimate of drug-likeness (QED) is 0.649. The van der Waals surface area contributed by atoms with E-state index < -0.39 is 31.0 Å². The highest BCUT2D eigenvalue weighted by atomic mass is 32.2. The average Bonchev–Trinajstić information content (AvgIpc) is 3.04. The van der Waals surface area contributed by atoms with Crippen LogP contribution in [-0.2, 0) is 19.7 Å². The molecule has 1 fully saturated rings. The van der Waals surface area contributed by atoms with Gasteiger partial charge in [0.1, 0.15) is 5.75 Å². The lowest BCUT2D eigenvalue weighted by Gasteiger charge is -2.28. The van der Waals surface area contributed by atoms with E-state index in [1.54, 1.807) is 25.3 Å². The van der Waals surface area contributed by atoms with Crippen molar-refractivity contribution in [3.8, 4) is 5.75 Å². The fourth-order valence-electron chi connectivity index (χ4n) is 3.78. The van der Waals surface area contributed by atoms with Crippen LogP contribution in [0.15, 0.2) is 59.5 Å². The van der Waals surface area contributed by atoms with Crippen molar-refractivity contribution in [2.24, 2.45) is 0 Å². The molecule has 0 bridgehead atoms. The van der Waals surface area contributed by atoms with Crippen LogP contribution in [0.1, 0.15) is 11.6 Å². The minimum absolute atomic E-state index is 0.0562. The lowest BCUT2D eigenvalue weighted by atomic mass is 10.1. The zero-order chi connectivity index (χ0) is 21.9. The monoisotopic (exact) mass is 452 g/mol. The molecule has 30 heavy (non-hydrogen) atoms. The maximum absolute atomic E-state index is 13.1. The van der Waals surface area contributed by atoms with Crippen molar-refractivity contribution < 1.29 is 21.6 Å². The number of nitrogens with zero attached hydrogens (tertiary/aromatic N) is 1. The van der Waals surface area contributed by atoms with Crippen molar-refractivity contribution in [3.63, 3.8) is 0 Å². The van der Waals surface area contributed by atoms with Crippen LogP contribution in [0.2, 0.25) is 0 Å². The van der Waals surface area contributed by atoms with E-state index >= 15 is 0 Å². The first kappa shape index (κ1) is 22.7. The molecule has 0 saturated carbocycles. The van der Waals surface area contributed by atoms with E-state index in [2.05, 4.69) is 5.32 Å². The number of benzene rings is 2. The van der Waals surface area contributed by atoms with E-state index in [-0.39, 0.29) is 22.4 Å². The summed E-state index contributed by atoms with van der Waals surface area (Å²) in [5.74, 6) is 0.198. The van der Waals surface area contributed by atoms with Crippen LogP contribution in [0.5, 0.6) is 5.75 Å². The van der Waals surface area contributed by atoms with Crippen molar-refractivity contribution in [3.05, 3.63) is 60.2 Å². The standard InChI is InChI=1S/C21H28N2O5S2/c1-23(2)20(16-9-11-17(28-3)12-10-16)13-22-19-14-29(24,25)15-21(19)30(26,27)18-7-5-4-6-8-18/h4-12,19-22H,13-15H2,1-3H3/t19-,20?,21-/m0/s1. The molecule has 164 valence electrons. The highest BCUT2D eigenvalue weighted by Crippen LogP contribution is 2.27. The molecule has 1 aliphatic heterocycles. The topological polar surface area (TPSA) is 92.8 Å². The van der Waals surface area contributed by atoms with Gasteiger partial charge in [-0.2, -0.15) is 0 Å². The molecule has 7 nitrogen and oxygen atoms in total. The Labute approximate surface area is 178 Å². The Morgan fingerprint density at radius 1 is 1.07 bits per heavy atom. The zero-order valence-corrected chi connectivity index (χ0v) is 19.0. The number of rotatable bonds is 8. The van der Waals surface area contributed by atoms with Crippen LogP contribution in [0.3, 0.4) is 0 Å². The molecule has 1 N–H and O–H groups in total. The molecule has 3 rings (SSSR count). The van der Waals surface area contributed by atoms with Gasteiger partial charge in [-0.15, -0.1) is 0 Å². The van der Waals surface area contributed by atoms with Crippen molar-refractivity contribution in [1.29, 1.82) is 0 Å². The summed E-state index contributed by atoms with van der Waals surface area (Å²) in [5.41, 5.74) is 1.02. The summed E-state index contributed by atoms with van der Waals surface area (Å²) >= 11 is 0. The van der Waals surface area contributed by atoms with Gasteiger partial charge in [0.25, 0.3) is 0 Å². The number of hydrogen-bond donors (Lipinski definition) is 1. The van der Waals surface area contributed by atoms with Crippen LogP contribution in [0, 0.1) is 0 Å². The average molecular weight is 453 g/mol. The number of methoxy groups -OCH3 is 1. The molecule has 2 aromatic rings. The molecule has 0 radical (unpaired) electrons. The van der Waals surface area contributed by atoms with Crippen molar-refractivity contribution in [2.45, 2.75) is 22.2 Å². The lowest BCUT2D eigenvalue weighted by Crippen LogP contribution is -2.46. The van der Waals surface area contributed by atoms with Gasteiger partial charge in [-0.1, -0.05) is 30.3 Å². The first-order valence-corrected chi connectivity index (χ1v) is 13.0. The predicted octanol–water partition coefficient (Wildman–Crippen LogP) is 1.53. The van der Waals surface area contributed by atoms with Crippen LogP contribution in [0.4, 0.5) is 0 Å². The van der Waals surface area contributed by atoms with Gasteiger partial charge in [-0.3, -0.25) is 0 Å². The van der Waals surface area contributed by atoms with E-state index in [9.17, 15) is 16.8 Å². The fourth-order valence-corrected chi connectivity index (χ4v) is 8.52. The Hall–Kier alpha value is -1.94. The summed E-state index contributed by atoms with van der Waals surface area (Å²) in [6, 6.07) is 15.0. The second-order valence-corrected chi connectivity index (χ2v) is 12.1. The molecule has 1 heterocycles. The molecule has 0 amide bonds. The Morgan fingerprint density at radius 2 is 1.70 bits per heavy atom. The van der Waals surface area contributed by atoms with Crippen LogP contribution >= 0.6 is 0 Å². The van der Waals surface area contributed by atoms with Crippen molar-refractivity contribution in [1.82, 2.24) is 10.2 Å². The van der Waals surface area contributed by atoms with Gasteiger partial charge in [0.05, 0.1) is 28.8 Å². The molecule has 0 aliphatic carbocycles. The molecular weight excluding hydrogens is 424 g/mol. The molecule has 2 aromatic carbocycles. The number of hydrogen-bond acceptors (Lipinski definition) is 7. The number of ether oxygens (including phenoxy) is 1. The minimum Gasteiger partial charge on any atom is -0.497 e. The smallest absolute Gasteiger partial charge is 0.183 e. The second kappa shape index (κ2) is 9.05. The number of sulfone groups is 2. The molecule has 0 spiro atoms. The Balaban J connectivity index is 1.81. The van der Waals surface area contributed by atoms with Gasteiger partial charge in [-0.05, 0) is 43.9 Å². The first-order valence-electron chi connectivity index (χ1n) is 9.67. The number of nitrogens with one attached hydrogen (secondary N) is 1. The van der Waals surface area contributed by atoms with Gasteiger partial charge >= 0.3 is 0 Å². The third-order valence-electron chi connectivity index (χ3n) is 5.47. The summed E-state index contributed by atoms with van der Waals surface area (Å²) in [4.78, 5) is 2.16. The Bertz CT molecular complexity index is 1050. The van der Waals surface area contributed by atoms with E-state index in [1.165, 1.54) is 12.1 Å². The van der Waals surface area contributed by atoms with Crippen LogP contribution < -0.4 is 10.1 Å².